The highest BCUT2D eigenvalue weighted by molar-refractivity contribution is 6.03. The zero-order valence-electron chi connectivity index (χ0n) is 14.9. The summed E-state index contributed by atoms with van der Waals surface area (Å²) in [5.74, 6) is 0.263. The topological polar surface area (TPSA) is 99.4 Å². The number of benzene rings is 1. The number of aromatic hydroxyl groups is 1. The van der Waals surface area contributed by atoms with Gasteiger partial charge in [0, 0.05) is 5.56 Å². The van der Waals surface area contributed by atoms with Crippen LogP contribution in [0.3, 0.4) is 0 Å². The molecular formula is C20H25NO5. The summed E-state index contributed by atoms with van der Waals surface area (Å²) in [5, 5.41) is 33.3. The molecule has 2 fully saturated rings. The Morgan fingerprint density at radius 1 is 1.35 bits per heavy atom. The van der Waals surface area contributed by atoms with Gasteiger partial charge < -0.3 is 20.2 Å². The first-order valence-corrected chi connectivity index (χ1v) is 9.32. The van der Waals surface area contributed by atoms with Crippen molar-refractivity contribution in [1.82, 2.24) is 0 Å². The molecule has 6 heteroatoms. The maximum atomic E-state index is 10.7. The standard InChI is InChI=1S/C20H25NO5/c1-20-7-6-13-12-3-2-11(22)8-15(12)17(21-26-10-19(24)25)9-14(13)16(20)4-5-18(20)23/h2-3,8,13-14,16,18,22-23H,4-7,9-10H2,1H3,(H,24,25)/t13-,14-,16+,18+,20+/m1/s1. The van der Waals surface area contributed by atoms with Gasteiger partial charge in [0.2, 0.25) is 6.61 Å². The van der Waals surface area contributed by atoms with E-state index in [0.717, 1.165) is 36.8 Å². The lowest BCUT2D eigenvalue weighted by Crippen LogP contribution is -2.45. The lowest BCUT2D eigenvalue weighted by atomic mass is 9.55. The zero-order valence-corrected chi connectivity index (χ0v) is 14.9. The Morgan fingerprint density at radius 2 is 2.15 bits per heavy atom. The number of fused-ring (bicyclic) bond motifs is 5. The molecule has 0 saturated heterocycles. The number of aliphatic hydroxyl groups excluding tert-OH is 1. The molecular weight excluding hydrogens is 334 g/mol. The van der Waals surface area contributed by atoms with E-state index in [1.54, 1.807) is 12.1 Å². The Labute approximate surface area is 152 Å². The van der Waals surface area contributed by atoms with Crippen molar-refractivity contribution in [2.45, 2.75) is 51.0 Å². The van der Waals surface area contributed by atoms with Crippen LogP contribution in [0.1, 0.15) is 56.1 Å². The van der Waals surface area contributed by atoms with E-state index >= 15 is 0 Å². The fourth-order valence-electron chi connectivity index (χ4n) is 5.63. The molecule has 6 nitrogen and oxygen atoms in total. The van der Waals surface area contributed by atoms with Gasteiger partial charge in [-0.25, -0.2) is 4.79 Å². The van der Waals surface area contributed by atoms with Crippen molar-refractivity contribution in [3.05, 3.63) is 29.3 Å². The number of hydrogen-bond donors (Lipinski definition) is 3. The van der Waals surface area contributed by atoms with Crippen LogP contribution in [0.25, 0.3) is 0 Å². The molecule has 26 heavy (non-hydrogen) atoms. The average molecular weight is 359 g/mol. The fourth-order valence-corrected chi connectivity index (χ4v) is 5.63. The highest BCUT2D eigenvalue weighted by atomic mass is 16.6. The summed E-state index contributed by atoms with van der Waals surface area (Å²) in [5.41, 5.74) is 2.66. The van der Waals surface area contributed by atoms with E-state index in [2.05, 4.69) is 12.1 Å². The van der Waals surface area contributed by atoms with Crippen LogP contribution in [0.4, 0.5) is 0 Å². The molecule has 0 radical (unpaired) electrons. The molecule has 2 saturated carbocycles. The second-order valence-corrected chi connectivity index (χ2v) is 8.20. The highest BCUT2D eigenvalue weighted by Crippen LogP contribution is 2.60. The molecule has 3 N–H and O–H groups in total. The van der Waals surface area contributed by atoms with Crippen molar-refractivity contribution in [3.8, 4) is 5.75 Å². The number of phenolic OH excluding ortho intramolecular Hbond substituents is 1. The van der Waals surface area contributed by atoms with Gasteiger partial charge in [0.15, 0.2) is 0 Å². The van der Waals surface area contributed by atoms with E-state index in [1.165, 1.54) is 0 Å². The highest BCUT2D eigenvalue weighted by Gasteiger charge is 2.55. The molecule has 3 aliphatic carbocycles. The smallest absolute Gasteiger partial charge is 0.344 e. The van der Waals surface area contributed by atoms with Crippen LogP contribution >= 0.6 is 0 Å². The van der Waals surface area contributed by atoms with Crippen molar-refractivity contribution in [3.63, 3.8) is 0 Å². The second kappa shape index (κ2) is 6.27. The third-order valence-corrected chi connectivity index (χ3v) is 6.93. The van der Waals surface area contributed by atoms with Gasteiger partial charge in [0.1, 0.15) is 5.75 Å². The number of carboxylic acid groups (broad SMARTS) is 1. The maximum Gasteiger partial charge on any atom is 0.344 e. The monoisotopic (exact) mass is 359 g/mol. The third-order valence-electron chi connectivity index (χ3n) is 6.93. The number of oxime groups is 1. The van der Waals surface area contributed by atoms with Gasteiger partial charge >= 0.3 is 5.97 Å². The molecule has 1 aromatic carbocycles. The van der Waals surface area contributed by atoms with Gasteiger partial charge in [-0.05, 0) is 73.0 Å². The minimum absolute atomic E-state index is 0.0530. The van der Waals surface area contributed by atoms with Crippen molar-refractivity contribution in [2.24, 2.45) is 22.4 Å². The van der Waals surface area contributed by atoms with E-state index in [-0.39, 0.29) is 17.3 Å². The normalized spacial score (nSPS) is 36.9. The van der Waals surface area contributed by atoms with Gasteiger partial charge in [-0.15, -0.1) is 0 Å². The van der Waals surface area contributed by atoms with Crippen molar-refractivity contribution >= 4 is 11.7 Å². The number of aliphatic hydroxyl groups is 1. The van der Waals surface area contributed by atoms with Gasteiger partial charge in [0.25, 0.3) is 0 Å². The summed E-state index contributed by atoms with van der Waals surface area (Å²) < 4.78 is 0. The quantitative estimate of drug-likeness (QED) is 0.721. The number of aliphatic carboxylic acids is 1. The molecule has 0 aromatic heterocycles. The number of phenols is 1. The molecule has 0 spiro atoms. The summed E-state index contributed by atoms with van der Waals surface area (Å²) in [6.07, 6.45) is 4.30. The molecule has 140 valence electrons. The predicted molar refractivity (Wildman–Crippen MR) is 95.2 cm³/mol. The van der Waals surface area contributed by atoms with Crippen molar-refractivity contribution in [1.29, 1.82) is 0 Å². The van der Waals surface area contributed by atoms with Gasteiger partial charge in [-0.3, -0.25) is 0 Å². The molecule has 4 rings (SSSR count). The van der Waals surface area contributed by atoms with Crippen molar-refractivity contribution < 1.29 is 25.0 Å². The van der Waals surface area contributed by atoms with Crippen LogP contribution in [0.2, 0.25) is 0 Å². The first-order valence-electron chi connectivity index (χ1n) is 9.32. The fraction of sp³-hybridized carbons (Fsp3) is 0.600. The molecule has 0 aliphatic heterocycles. The molecule has 0 bridgehead atoms. The Hall–Kier alpha value is -2.08. The van der Waals surface area contributed by atoms with Crippen LogP contribution in [0.15, 0.2) is 23.4 Å². The van der Waals surface area contributed by atoms with Crippen LogP contribution in [-0.2, 0) is 9.63 Å². The lowest BCUT2D eigenvalue weighted by Gasteiger charge is -2.50. The van der Waals surface area contributed by atoms with Gasteiger partial charge in [0.05, 0.1) is 11.8 Å². The Bertz CT molecular complexity index is 761. The minimum Gasteiger partial charge on any atom is -0.508 e. The Balaban J connectivity index is 1.72. The first-order chi connectivity index (χ1) is 12.4. The Morgan fingerprint density at radius 3 is 2.92 bits per heavy atom. The second-order valence-electron chi connectivity index (χ2n) is 8.20. The van der Waals surface area contributed by atoms with E-state index in [1.807, 2.05) is 6.07 Å². The van der Waals surface area contributed by atoms with E-state index < -0.39 is 12.6 Å². The number of rotatable bonds is 3. The number of carboxylic acids is 1. The average Bonchev–Trinajstić information content (AvgIpc) is 2.90. The van der Waals surface area contributed by atoms with Gasteiger partial charge in [-0.1, -0.05) is 18.1 Å². The Kier molecular flexibility index (Phi) is 4.18. The summed E-state index contributed by atoms with van der Waals surface area (Å²) in [6.45, 7) is 1.72. The number of nitrogens with zero attached hydrogens (tertiary/aromatic N) is 1. The summed E-state index contributed by atoms with van der Waals surface area (Å²) in [4.78, 5) is 15.8. The van der Waals surface area contributed by atoms with Crippen LogP contribution < -0.4 is 0 Å². The first kappa shape index (κ1) is 17.3. The lowest BCUT2D eigenvalue weighted by molar-refractivity contribution is -0.142. The van der Waals surface area contributed by atoms with E-state index in [0.29, 0.717) is 29.9 Å². The molecule has 0 unspecified atom stereocenters. The third kappa shape index (κ3) is 2.67. The summed E-state index contributed by atoms with van der Waals surface area (Å²) in [7, 11) is 0. The SMILES string of the molecule is C[C@]12CC[C@@H]3c4ccc(O)cc4C(=NOCC(=O)O)C[C@H]3[C@@H]1CC[C@@H]2O. The number of carbonyl (C=O) groups is 1. The maximum absolute atomic E-state index is 10.7. The van der Waals surface area contributed by atoms with Gasteiger partial charge in [-0.2, -0.15) is 0 Å². The largest absolute Gasteiger partial charge is 0.508 e. The van der Waals surface area contributed by atoms with E-state index in [9.17, 15) is 15.0 Å². The molecule has 0 heterocycles. The minimum atomic E-state index is -1.07. The molecule has 0 amide bonds. The van der Waals surface area contributed by atoms with Crippen LogP contribution in [0.5, 0.6) is 5.75 Å². The number of hydrogen-bond acceptors (Lipinski definition) is 5. The summed E-state index contributed by atoms with van der Waals surface area (Å²) in [6, 6.07) is 5.36. The van der Waals surface area contributed by atoms with Crippen LogP contribution in [-0.4, -0.2) is 39.7 Å². The van der Waals surface area contributed by atoms with Crippen molar-refractivity contribution in [2.75, 3.05) is 6.61 Å². The molecule has 3 aliphatic rings. The zero-order chi connectivity index (χ0) is 18.5. The molecule has 1 aromatic rings. The summed E-state index contributed by atoms with van der Waals surface area (Å²) >= 11 is 0. The van der Waals surface area contributed by atoms with Crippen LogP contribution in [0, 0.1) is 17.3 Å². The predicted octanol–water partition coefficient (Wildman–Crippen LogP) is 2.87. The molecule has 5 atom stereocenters. The van der Waals surface area contributed by atoms with E-state index in [4.69, 9.17) is 9.94 Å².